The summed E-state index contributed by atoms with van der Waals surface area (Å²) in [5.41, 5.74) is 5.41. The zero-order chi connectivity index (χ0) is 27.5. The van der Waals surface area contributed by atoms with Gasteiger partial charge < -0.3 is 10.4 Å². The average Bonchev–Trinajstić information content (AvgIpc) is 2.92. The van der Waals surface area contributed by atoms with Crippen molar-refractivity contribution in [3.63, 3.8) is 0 Å². The van der Waals surface area contributed by atoms with Gasteiger partial charge in [-0.25, -0.2) is 18.7 Å². The van der Waals surface area contributed by atoms with Crippen molar-refractivity contribution < 1.29 is 23.5 Å². The van der Waals surface area contributed by atoms with Crippen molar-refractivity contribution in [3.8, 4) is 11.3 Å². The molecule has 200 valence electrons. The number of amides is 1. The minimum atomic E-state index is -0.847. The predicted molar refractivity (Wildman–Crippen MR) is 144 cm³/mol. The highest BCUT2D eigenvalue weighted by Gasteiger charge is 2.23. The minimum Gasteiger partial charge on any atom is -0.481 e. The lowest BCUT2D eigenvalue weighted by Gasteiger charge is -2.26. The number of fused-ring (bicyclic) bond motifs is 2. The zero-order valence-corrected chi connectivity index (χ0v) is 21.6. The summed E-state index contributed by atoms with van der Waals surface area (Å²) >= 11 is 0. The molecule has 1 aromatic heterocycles. The SMILES string of the molecule is CC(CCCc1nc2cc(C(=O)N[C@@H]3CCCc4cc(F)ccc43)ccc2nc1-c1ccc(F)cc1)C(=O)O. The van der Waals surface area contributed by atoms with Gasteiger partial charge >= 0.3 is 5.97 Å². The molecule has 0 aliphatic heterocycles. The van der Waals surface area contributed by atoms with E-state index >= 15 is 0 Å². The molecule has 0 spiro atoms. The predicted octanol–water partition coefficient (Wildman–Crippen LogP) is 6.43. The van der Waals surface area contributed by atoms with Crippen molar-refractivity contribution in [3.05, 3.63) is 94.7 Å². The summed E-state index contributed by atoms with van der Waals surface area (Å²) in [6, 6.07) is 15.7. The normalized spacial score (nSPS) is 15.5. The number of carboxylic acids is 1. The molecule has 2 N–H and O–H groups in total. The average molecular weight is 530 g/mol. The van der Waals surface area contributed by atoms with Crippen LogP contribution in [0.1, 0.15) is 65.8 Å². The van der Waals surface area contributed by atoms with Crippen LogP contribution in [0.3, 0.4) is 0 Å². The summed E-state index contributed by atoms with van der Waals surface area (Å²) in [5, 5.41) is 12.3. The quantitative estimate of drug-likeness (QED) is 0.275. The van der Waals surface area contributed by atoms with Crippen molar-refractivity contribution >= 4 is 22.9 Å². The third-order valence-corrected chi connectivity index (χ3v) is 7.31. The molecule has 3 aromatic carbocycles. The number of hydrogen-bond donors (Lipinski definition) is 2. The fourth-order valence-electron chi connectivity index (χ4n) is 5.12. The maximum Gasteiger partial charge on any atom is 0.306 e. The number of benzene rings is 3. The second-order valence-electron chi connectivity index (χ2n) is 10.1. The van der Waals surface area contributed by atoms with Crippen LogP contribution in [0.4, 0.5) is 8.78 Å². The minimum absolute atomic E-state index is 0.198. The van der Waals surface area contributed by atoms with E-state index in [0.29, 0.717) is 52.8 Å². The molecule has 6 nitrogen and oxygen atoms in total. The fourth-order valence-corrected chi connectivity index (χ4v) is 5.12. The summed E-state index contributed by atoms with van der Waals surface area (Å²) in [5.74, 6) is -2.21. The number of aromatic nitrogens is 2. The molecular weight excluding hydrogens is 500 g/mol. The first-order valence-electron chi connectivity index (χ1n) is 13.2. The van der Waals surface area contributed by atoms with Gasteiger partial charge in [-0.2, -0.15) is 0 Å². The van der Waals surface area contributed by atoms with Gasteiger partial charge in [0.1, 0.15) is 11.6 Å². The van der Waals surface area contributed by atoms with Crippen molar-refractivity contribution in [2.24, 2.45) is 5.92 Å². The lowest BCUT2D eigenvalue weighted by molar-refractivity contribution is -0.141. The summed E-state index contributed by atoms with van der Waals surface area (Å²) in [6.07, 6.45) is 3.98. The Labute approximate surface area is 225 Å². The van der Waals surface area contributed by atoms with E-state index in [2.05, 4.69) is 5.32 Å². The Morgan fingerprint density at radius 1 is 1.00 bits per heavy atom. The molecule has 8 heteroatoms. The van der Waals surface area contributed by atoms with Crippen LogP contribution in [0, 0.1) is 17.6 Å². The Bertz CT molecular complexity index is 1540. The topological polar surface area (TPSA) is 92.2 Å². The lowest BCUT2D eigenvalue weighted by Crippen LogP contribution is -2.31. The highest BCUT2D eigenvalue weighted by Crippen LogP contribution is 2.31. The summed E-state index contributed by atoms with van der Waals surface area (Å²) in [7, 11) is 0. The second kappa shape index (κ2) is 11.3. The van der Waals surface area contributed by atoms with E-state index in [-0.39, 0.29) is 23.6 Å². The maximum absolute atomic E-state index is 13.7. The van der Waals surface area contributed by atoms with Crippen LogP contribution in [0.15, 0.2) is 60.7 Å². The number of carbonyl (C=O) groups excluding carboxylic acids is 1. The Morgan fingerprint density at radius 3 is 2.54 bits per heavy atom. The summed E-state index contributed by atoms with van der Waals surface area (Å²) in [6.45, 7) is 1.67. The highest BCUT2D eigenvalue weighted by molar-refractivity contribution is 5.97. The van der Waals surface area contributed by atoms with Crippen molar-refractivity contribution in [1.29, 1.82) is 0 Å². The Hall–Kier alpha value is -4.20. The smallest absolute Gasteiger partial charge is 0.306 e. The van der Waals surface area contributed by atoms with Crippen LogP contribution >= 0.6 is 0 Å². The van der Waals surface area contributed by atoms with Gasteiger partial charge in [0.05, 0.1) is 34.4 Å². The van der Waals surface area contributed by atoms with Crippen LogP contribution in [-0.2, 0) is 17.6 Å². The molecule has 0 saturated heterocycles. The maximum atomic E-state index is 13.7. The molecule has 2 atom stereocenters. The molecule has 1 heterocycles. The number of hydrogen-bond acceptors (Lipinski definition) is 4. The van der Waals surface area contributed by atoms with Crippen molar-refractivity contribution in [1.82, 2.24) is 15.3 Å². The molecule has 0 saturated carbocycles. The second-order valence-corrected chi connectivity index (χ2v) is 10.1. The highest BCUT2D eigenvalue weighted by atomic mass is 19.1. The fraction of sp³-hybridized carbons (Fsp3) is 0.290. The number of nitrogens with one attached hydrogen (secondary N) is 1. The third-order valence-electron chi connectivity index (χ3n) is 7.31. The van der Waals surface area contributed by atoms with E-state index in [1.165, 1.54) is 24.3 Å². The third kappa shape index (κ3) is 5.95. The largest absolute Gasteiger partial charge is 0.481 e. The number of halogens is 2. The first-order valence-corrected chi connectivity index (χ1v) is 13.2. The van der Waals surface area contributed by atoms with Crippen LogP contribution < -0.4 is 5.32 Å². The Morgan fingerprint density at radius 2 is 1.77 bits per heavy atom. The van der Waals surface area contributed by atoms with E-state index in [1.54, 1.807) is 43.3 Å². The molecule has 1 unspecified atom stereocenters. The molecular formula is C31H29F2N3O3. The standard InChI is InChI=1S/C31H29F2N3O3/c1-18(31(38)39)4-2-7-27-29(19-8-11-22(32)12-9-19)35-26-15-10-21(17-28(26)34-27)30(37)36-25-6-3-5-20-16-23(33)13-14-24(20)25/h8-18,25H,2-7H2,1H3,(H,36,37)(H,38,39)/t18?,25-/m1/s1. The van der Waals surface area contributed by atoms with Gasteiger partial charge in [0.2, 0.25) is 0 Å². The van der Waals surface area contributed by atoms with Gasteiger partial charge in [0.15, 0.2) is 0 Å². The lowest BCUT2D eigenvalue weighted by atomic mass is 9.87. The van der Waals surface area contributed by atoms with E-state index in [4.69, 9.17) is 9.97 Å². The van der Waals surface area contributed by atoms with E-state index < -0.39 is 11.9 Å². The first-order chi connectivity index (χ1) is 18.8. The number of aliphatic carboxylic acids is 1. The molecule has 1 aliphatic carbocycles. The molecule has 1 amide bonds. The number of rotatable bonds is 8. The summed E-state index contributed by atoms with van der Waals surface area (Å²) < 4.78 is 27.3. The Kier molecular flexibility index (Phi) is 7.63. The van der Waals surface area contributed by atoms with Crippen LogP contribution in [-0.4, -0.2) is 27.0 Å². The van der Waals surface area contributed by atoms with Crippen molar-refractivity contribution in [2.75, 3.05) is 0 Å². The van der Waals surface area contributed by atoms with E-state index in [1.807, 2.05) is 0 Å². The molecule has 4 aromatic rings. The van der Waals surface area contributed by atoms with Gasteiger partial charge in [-0.3, -0.25) is 9.59 Å². The molecule has 5 rings (SSSR count). The monoisotopic (exact) mass is 529 g/mol. The number of carboxylic acid groups (broad SMARTS) is 1. The molecule has 0 radical (unpaired) electrons. The van der Waals surface area contributed by atoms with Crippen LogP contribution in [0.5, 0.6) is 0 Å². The zero-order valence-electron chi connectivity index (χ0n) is 21.6. The van der Waals surface area contributed by atoms with E-state index in [9.17, 15) is 23.5 Å². The van der Waals surface area contributed by atoms with Crippen LogP contribution in [0.25, 0.3) is 22.3 Å². The Balaban J connectivity index is 1.43. The van der Waals surface area contributed by atoms with Crippen LogP contribution in [0.2, 0.25) is 0 Å². The molecule has 0 bridgehead atoms. The van der Waals surface area contributed by atoms with Gasteiger partial charge in [-0.05, 0) is 104 Å². The van der Waals surface area contributed by atoms with Gasteiger partial charge in [0, 0.05) is 11.1 Å². The van der Waals surface area contributed by atoms with Gasteiger partial charge in [-0.15, -0.1) is 0 Å². The molecule has 1 aliphatic rings. The first kappa shape index (κ1) is 26.4. The summed E-state index contributed by atoms with van der Waals surface area (Å²) in [4.78, 5) is 34.1. The van der Waals surface area contributed by atoms with Gasteiger partial charge in [-0.1, -0.05) is 13.0 Å². The number of nitrogens with zero attached hydrogens (tertiary/aromatic N) is 2. The number of carbonyl (C=O) groups is 2. The number of aryl methyl sites for hydroxylation is 2. The van der Waals surface area contributed by atoms with Crippen molar-refractivity contribution in [2.45, 2.75) is 51.5 Å². The van der Waals surface area contributed by atoms with E-state index in [0.717, 1.165) is 30.4 Å². The molecule has 39 heavy (non-hydrogen) atoms. The molecule has 0 fully saturated rings. The van der Waals surface area contributed by atoms with Gasteiger partial charge in [0.25, 0.3) is 5.91 Å².